The van der Waals surface area contributed by atoms with Crippen LogP contribution in [0, 0.1) is 0 Å². The Kier molecular flexibility index (Phi) is 5.08. The van der Waals surface area contributed by atoms with E-state index >= 15 is 0 Å². The first-order valence-corrected chi connectivity index (χ1v) is 5.48. The normalized spacial score (nSPS) is 12.9. The van der Waals surface area contributed by atoms with E-state index in [1.165, 1.54) is 0 Å². The van der Waals surface area contributed by atoms with E-state index in [9.17, 15) is 0 Å². The Balaban J connectivity index is 2.76. The van der Waals surface area contributed by atoms with E-state index < -0.39 is 0 Å². The molecule has 0 aliphatic rings. The Bertz CT molecular complexity index is 282. The fourth-order valence-corrected chi connectivity index (χ4v) is 2.02. The lowest BCUT2D eigenvalue weighted by molar-refractivity contribution is -0.101. The van der Waals surface area contributed by atoms with E-state index in [-0.39, 0.29) is 11.1 Å². The summed E-state index contributed by atoms with van der Waals surface area (Å²) in [6.45, 7) is 0. The van der Waals surface area contributed by atoms with Crippen molar-refractivity contribution >= 4 is 15.9 Å². The largest absolute Gasteiger partial charge is 0.497 e. The Labute approximate surface area is 98.5 Å². The van der Waals surface area contributed by atoms with Gasteiger partial charge in [0.05, 0.1) is 11.9 Å². The molecule has 84 valence electrons. The third kappa shape index (κ3) is 3.19. The van der Waals surface area contributed by atoms with Gasteiger partial charge >= 0.3 is 0 Å². The van der Waals surface area contributed by atoms with Crippen molar-refractivity contribution in [3.8, 4) is 5.75 Å². The summed E-state index contributed by atoms with van der Waals surface area (Å²) < 4.78 is 15.4. The molecule has 15 heavy (non-hydrogen) atoms. The highest BCUT2D eigenvalue weighted by molar-refractivity contribution is 9.09. The third-order valence-corrected chi connectivity index (χ3v) is 3.10. The molecule has 0 aromatic heterocycles. The van der Waals surface area contributed by atoms with Crippen molar-refractivity contribution in [3.63, 3.8) is 0 Å². The van der Waals surface area contributed by atoms with Crippen molar-refractivity contribution in [2.45, 2.75) is 11.1 Å². The zero-order valence-corrected chi connectivity index (χ0v) is 10.7. The average molecular weight is 275 g/mol. The molecule has 4 heteroatoms. The van der Waals surface area contributed by atoms with Gasteiger partial charge in [-0.3, -0.25) is 0 Å². The van der Waals surface area contributed by atoms with Crippen LogP contribution < -0.4 is 4.74 Å². The molecule has 0 spiro atoms. The first-order valence-electron chi connectivity index (χ1n) is 4.56. The van der Waals surface area contributed by atoms with Gasteiger partial charge in [0.1, 0.15) is 5.75 Å². The number of methoxy groups -OCH3 is 3. The number of hydrogen-bond acceptors (Lipinski definition) is 3. The molecular formula is C11H15BrO3. The van der Waals surface area contributed by atoms with Gasteiger partial charge in [-0.2, -0.15) is 0 Å². The minimum absolute atomic E-state index is 0.0124. The van der Waals surface area contributed by atoms with Crippen LogP contribution in [0.15, 0.2) is 24.3 Å². The minimum Gasteiger partial charge on any atom is -0.497 e. The van der Waals surface area contributed by atoms with Crippen LogP contribution in [0.5, 0.6) is 5.75 Å². The van der Waals surface area contributed by atoms with Gasteiger partial charge in [-0.1, -0.05) is 28.1 Å². The van der Waals surface area contributed by atoms with E-state index in [1.807, 2.05) is 24.3 Å². The monoisotopic (exact) mass is 274 g/mol. The van der Waals surface area contributed by atoms with Crippen LogP contribution in [0.3, 0.4) is 0 Å². The number of hydrogen-bond donors (Lipinski definition) is 0. The lowest BCUT2D eigenvalue weighted by Crippen LogP contribution is -2.18. The number of halogens is 1. The summed E-state index contributed by atoms with van der Waals surface area (Å²) in [5.74, 6) is 0.838. The molecule has 0 saturated heterocycles. The molecule has 0 saturated carbocycles. The first-order chi connectivity index (χ1) is 7.22. The maximum absolute atomic E-state index is 5.17. The second-order valence-corrected chi connectivity index (χ2v) is 4.00. The van der Waals surface area contributed by atoms with Crippen molar-refractivity contribution < 1.29 is 14.2 Å². The standard InChI is InChI=1S/C11H15BrO3/c1-13-9-6-4-8(5-7-9)10(12)11(14-2)15-3/h4-7,10-11H,1-3H3. The molecule has 0 fully saturated rings. The van der Waals surface area contributed by atoms with Crippen molar-refractivity contribution in [1.29, 1.82) is 0 Å². The number of ether oxygens (including phenoxy) is 3. The zero-order chi connectivity index (χ0) is 11.3. The summed E-state index contributed by atoms with van der Waals surface area (Å²) in [5, 5.41) is 0. The quantitative estimate of drug-likeness (QED) is 0.611. The summed E-state index contributed by atoms with van der Waals surface area (Å²) >= 11 is 3.53. The van der Waals surface area contributed by atoms with Crippen LogP contribution >= 0.6 is 15.9 Å². The summed E-state index contributed by atoms with van der Waals surface area (Å²) in [7, 11) is 4.88. The van der Waals surface area contributed by atoms with Gasteiger partial charge in [0.25, 0.3) is 0 Å². The zero-order valence-electron chi connectivity index (χ0n) is 9.07. The minimum atomic E-state index is -0.293. The Morgan fingerprint density at radius 2 is 1.53 bits per heavy atom. The molecule has 1 unspecified atom stereocenters. The van der Waals surface area contributed by atoms with Crippen molar-refractivity contribution in [2.24, 2.45) is 0 Å². The van der Waals surface area contributed by atoms with Gasteiger partial charge in [0, 0.05) is 14.2 Å². The fourth-order valence-electron chi connectivity index (χ4n) is 1.28. The Morgan fingerprint density at radius 3 is 1.93 bits per heavy atom. The molecule has 1 atom stereocenters. The summed E-state index contributed by atoms with van der Waals surface area (Å²) in [6, 6.07) is 7.77. The maximum Gasteiger partial charge on any atom is 0.173 e. The molecule has 0 radical (unpaired) electrons. The third-order valence-electron chi connectivity index (χ3n) is 2.14. The number of benzene rings is 1. The molecule has 1 aromatic rings. The highest BCUT2D eigenvalue weighted by Gasteiger charge is 2.19. The Morgan fingerprint density at radius 1 is 1.00 bits per heavy atom. The number of alkyl halides is 1. The predicted molar refractivity (Wildman–Crippen MR) is 62.5 cm³/mol. The van der Waals surface area contributed by atoms with Crippen molar-refractivity contribution in [3.05, 3.63) is 29.8 Å². The van der Waals surface area contributed by atoms with Crippen LogP contribution in [0.2, 0.25) is 0 Å². The summed E-state index contributed by atoms with van der Waals surface area (Å²) in [5.41, 5.74) is 1.09. The van der Waals surface area contributed by atoms with Crippen molar-refractivity contribution in [1.82, 2.24) is 0 Å². The van der Waals surface area contributed by atoms with Gasteiger partial charge in [-0.25, -0.2) is 0 Å². The topological polar surface area (TPSA) is 27.7 Å². The van der Waals surface area contributed by atoms with E-state index in [0.717, 1.165) is 11.3 Å². The number of rotatable bonds is 5. The predicted octanol–water partition coefficient (Wildman–Crippen LogP) is 2.75. The van der Waals surface area contributed by atoms with Gasteiger partial charge in [0.15, 0.2) is 6.29 Å². The van der Waals surface area contributed by atoms with E-state index in [2.05, 4.69) is 15.9 Å². The van der Waals surface area contributed by atoms with E-state index in [4.69, 9.17) is 14.2 Å². The first kappa shape index (κ1) is 12.5. The molecule has 0 bridgehead atoms. The van der Waals surface area contributed by atoms with Crippen LogP contribution in [0.1, 0.15) is 10.4 Å². The summed E-state index contributed by atoms with van der Waals surface area (Å²) in [4.78, 5) is 0.0124. The van der Waals surface area contributed by atoms with Gasteiger partial charge in [-0.15, -0.1) is 0 Å². The van der Waals surface area contributed by atoms with Crippen LogP contribution in [-0.2, 0) is 9.47 Å². The lowest BCUT2D eigenvalue weighted by atomic mass is 10.1. The molecule has 0 aliphatic carbocycles. The van der Waals surface area contributed by atoms with Crippen LogP contribution in [0.25, 0.3) is 0 Å². The van der Waals surface area contributed by atoms with Gasteiger partial charge in [-0.05, 0) is 17.7 Å². The molecular weight excluding hydrogens is 260 g/mol. The Hall–Kier alpha value is -0.580. The molecule has 1 aromatic carbocycles. The molecule has 3 nitrogen and oxygen atoms in total. The SMILES string of the molecule is COc1ccc(C(Br)C(OC)OC)cc1. The molecule has 1 rings (SSSR count). The van der Waals surface area contributed by atoms with Gasteiger partial charge in [0.2, 0.25) is 0 Å². The lowest BCUT2D eigenvalue weighted by Gasteiger charge is -2.19. The summed E-state index contributed by atoms with van der Waals surface area (Å²) in [6.07, 6.45) is -0.293. The molecule has 0 aliphatic heterocycles. The van der Waals surface area contributed by atoms with Crippen LogP contribution in [0.4, 0.5) is 0 Å². The van der Waals surface area contributed by atoms with Gasteiger partial charge < -0.3 is 14.2 Å². The second-order valence-electron chi connectivity index (χ2n) is 3.01. The molecule has 0 N–H and O–H groups in total. The average Bonchev–Trinajstić information content (AvgIpc) is 2.30. The second kappa shape index (κ2) is 6.10. The highest BCUT2D eigenvalue weighted by Crippen LogP contribution is 2.29. The fraction of sp³-hybridized carbons (Fsp3) is 0.455. The highest BCUT2D eigenvalue weighted by atomic mass is 79.9. The molecule has 0 amide bonds. The van der Waals surface area contributed by atoms with E-state index in [0.29, 0.717) is 0 Å². The van der Waals surface area contributed by atoms with Crippen molar-refractivity contribution in [2.75, 3.05) is 21.3 Å². The maximum atomic E-state index is 5.17. The molecule has 0 heterocycles. The van der Waals surface area contributed by atoms with E-state index in [1.54, 1.807) is 21.3 Å². The van der Waals surface area contributed by atoms with Crippen LogP contribution in [-0.4, -0.2) is 27.6 Å². The smallest absolute Gasteiger partial charge is 0.173 e.